The van der Waals surface area contributed by atoms with Crippen molar-refractivity contribution < 1.29 is 9.47 Å². The van der Waals surface area contributed by atoms with E-state index >= 15 is 0 Å². The minimum absolute atomic E-state index is 0.769. The summed E-state index contributed by atoms with van der Waals surface area (Å²) in [7, 11) is 0. The first-order chi connectivity index (χ1) is 10.8. The maximum atomic E-state index is 5.38. The molecule has 2 saturated heterocycles. The molecule has 0 aromatic carbocycles. The summed E-state index contributed by atoms with van der Waals surface area (Å²) in [4.78, 5) is 4.34. The molecule has 2 aliphatic heterocycles. The maximum Gasteiger partial charge on any atom is 0.169 e. The summed E-state index contributed by atoms with van der Waals surface area (Å²) in [5.41, 5.74) is 0. The third-order valence-corrected chi connectivity index (χ3v) is 4.56. The topological polar surface area (TPSA) is 49.0 Å². The summed E-state index contributed by atoms with van der Waals surface area (Å²) >= 11 is 10.8. The van der Waals surface area contributed by atoms with E-state index in [1.807, 2.05) is 0 Å². The van der Waals surface area contributed by atoms with Crippen molar-refractivity contribution >= 4 is 34.7 Å². The molecular weight excluding hydrogens is 320 g/mol. The van der Waals surface area contributed by atoms with Crippen LogP contribution in [0.5, 0.6) is 0 Å². The van der Waals surface area contributed by atoms with E-state index in [2.05, 4.69) is 20.4 Å². The van der Waals surface area contributed by atoms with Crippen LogP contribution < -0.4 is 10.6 Å². The second kappa shape index (κ2) is 10.1. The summed E-state index contributed by atoms with van der Waals surface area (Å²) < 4.78 is 10.6. The zero-order chi connectivity index (χ0) is 15.6. The molecule has 0 radical (unpaired) electrons. The number of morpholine rings is 2. The van der Waals surface area contributed by atoms with Crippen molar-refractivity contribution in [3.05, 3.63) is 0 Å². The predicted octanol–water partition coefficient (Wildman–Crippen LogP) is 0.180. The molecule has 0 saturated carbocycles. The van der Waals surface area contributed by atoms with Gasteiger partial charge >= 0.3 is 0 Å². The Morgan fingerprint density at radius 1 is 0.727 bits per heavy atom. The molecule has 0 unspecified atom stereocenters. The third-order valence-electron chi connectivity index (χ3n) is 3.75. The number of nitrogens with zero attached hydrogens (tertiary/aromatic N) is 2. The van der Waals surface area contributed by atoms with Gasteiger partial charge in [-0.2, -0.15) is 0 Å². The first-order valence-corrected chi connectivity index (χ1v) is 8.80. The highest BCUT2D eigenvalue weighted by atomic mass is 32.1. The van der Waals surface area contributed by atoms with Crippen LogP contribution in [0.4, 0.5) is 0 Å². The lowest BCUT2D eigenvalue weighted by molar-refractivity contribution is 0.0675. The van der Waals surface area contributed by atoms with E-state index in [-0.39, 0.29) is 0 Å². The van der Waals surface area contributed by atoms with Gasteiger partial charge in [0, 0.05) is 39.3 Å². The monoisotopic (exact) mass is 346 g/mol. The van der Waals surface area contributed by atoms with Crippen LogP contribution in [0.1, 0.15) is 12.8 Å². The molecule has 2 heterocycles. The minimum Gasteiger partial charge on any atom is -0.378 e. The summed E-state index contributed by atoms with van der Waals surface area (Å²) in [6.45, 7) is 8.44. The molecule has 0 bridgehead atoms. The van der Waals surface area contributed by atoms with Crippen LogP contribution in [0.25, 0.3) is 0 Å². The van der Waals surface area contributed by atoms with E-state index in [0.717, 1.165) is 88.8 Å². The molecule has 2 N–H and O–H groups in total. The second-order valence-corrected chi connectivity index (χ2v) is 6.14. The van der Waals surface area contributed by atoms with Crippen molar-refractivity contribution in [2.24, 2.45) is 0 Å². The SMILES string of the molecule is S=C(NCCCCNC(=S)N1CCOCC1)N1CCOCC1. The van der Waals surface area contributed by atoms with Gasteiger partial charge < -0.3 is 29.9 Å². The highest BCUT2D eigenvalue weighted by molar-refractivity contribution is 7.80. The van der Waals surface area contributed by atoms with E-state index in [4.69, 9.17) is 33.9 Å². The number of unbranched alkanes of at least 4 members (excludes halogenated alkanes) is 1. The Kier molecular flexibility index (Phi) is 8.14. The molecule has 22 heavy (non-hydrogen) atoms. The molecule has 0 aliphatic carbocycles. The van der Waals surface area contributed by atoms with Gasteiger partial charge in [0.25, 0.3) is 0 Å². The minimum atomic E-state index is 0.769. The van der Waals surface area contributed by atoms with E-state index in [0.29, 0.717) is 0 Å². The smallest absolute Gasteiger partial charge is 0.169 e. The van der Waals surface area contributed by atoms with Gasteiger partial charge in [0.2, 0.25) is 0 Å². The number of thiocarbonyl (C=S) groups is 2. The quantitative estimate of drug-likeness (QED) is 0.540. The van der Waals surface area contributed by atoms with Crippen molar-refractivity contribution in [3.63, 3.8) is 0 Å². The molecule has 8 heteroatoms. The Hall–Kier alpha value is -0.700. The molecule has 0 spiro atoms. The molecule has 6 nitrogen and oxygen atoms in total. The fourth-order valence-corrected chi connectivity index (χ4v) is 2.97. The van der Waals surface area contributed by atoms with Gasteiger partial charge in [-0.3, -0.25) is 0 Å². The number of hydrogen-bond acceptors (Lipinski definition) is 4. The zero-order valence-electron chi connectivity index (χ0n) is 13.0. The summed E-state index contributed by atoms with van der Waals surface area (Å²) in [6, 6.07) is 0. The summed E-state index contributed by atoms with van der Waals surface area (Å²) in [5.74, 6) is 0. The number of nitrogens with one attached hydrogen (secondary N) is 2. The van der Waals surface area contributed by atoms with Gasteiger partial charge in [-0.15, -0.1) is 0 Å². The Labute approximate surface area is 143 Å². The lowest BCUT2D eigenvalue weighted by Crippen LogP contribution is -2.46. The Bertz CT molecular complexity index is 325. The standard InChI is InChI=1S/C14H26N4O2S2/c21-13(17-5-9-19-10-6-17)15-3-1-2-4-16-14(22)18-7-11-20-12-8-18/h1-12H2,(H,15,21)(H,16,22). The molecular formula is C14H26N4O2S2. The number of ether oxygens (including phenoxy) is 2. The second-order valence-electron chi connectivity index (χ2n) is 5.37. The molecule has 0 aromatic heterocycles. The van der Waals surface area contributed by atoms with Crippen LogP contribution in [0.3, 0.4) is 0 Å². The van der Waals surface area contributed by atoms with Gasteiger partial charge in [-0.1, -0.05) is 0 Å². The van der Waals surface area contributed by atoms with Gasteiger partial charge in [-0.25, -0.2) is 0 Å². The molecule has 2 fully saturated rings. The van der Waals surface area contributed by atoms with Crippen molar-refractivity contribution in [1.82, 2.24) is 20.4 Å². The fourth-order valence-electron chi connectivity index (χ4n) is 2.40. The average molecular weight is 347 g/mol. The van der Waals surface area contributed by atoms with E-state index in [1.165, 1.54) is 0 Å². The first-order valence-electron chi connectivity index (χ1n) is 7.98. The summed E-state index contributed by atoms with van der Waals surface area (Å²) in [6.07, 6.45) is 2.15. The van der Waals surface area contributed by atoms with Crippen LogP contribution in [0.15, 0.2) is 0 Å². The lowest BCUT2D eigenvalue weighted by atomic mass is 10.3. The van der Waals surface area contributed by atoms with Crippen LogP contribution in [-0.4, -0.2) is 85.7 Å². The van der Waals surface area contributed by atoms with Crippen LogP contribution in [0.2, 0.25) is 0 Å². The van der Waals surface area contributed by atoms with Crippen molar-refractivity contribution in [3.8, 4) is 0 Å². The maximum absolute atomic E-state index is 5.38. The molecule has 0 atom stereocenters. The fraction of sp³-hybridized carbons (Fsp3) is 0.857. The molecule has 2 aliphatic rings. The molecule has 126 valence electrons. The van der Waals surface area contributed by atoms with E-state index in [1.54, 1.807) is 0 Å². The third kappa shape index (κ3) is 6.20. The number of hydrogen-bond donors (Lipinski definition) is 2. The zero-order valence-corrected chi connectivity index (χ0v) is 14.6. The van der Waals surface area contributed by atoms with Crippen LogP contribution in [-0.2, 0) is 9.47 Å². The summed E-state index contributed by atoms with van der Waals surface area (Å²) in [5, 5.41) is 8.33. The highest BCUT2D eigenvalue weighted by Gasteiger charge is 2.13. The Morgan fingerprint density at radius 3 is 1.45 bits per heavy atom. The normalized spacial score (nSPS) is 18.9. The first kappa shape index (κ1) is 17.7. The van der Waals surface area contributed by atoms with Gasteiger partial charge in [0.1, 0.15) is 0 Å². The lowest BCUT2D eigenvalue weighted by Gasteiger charge is -2.29. The van der Waals surface area contributed by atoms with Gasteiger partial charge in [0.15, 0.2) is 10.2 Å². The van der Waals surface area contributed by atoms with Gasteiger partial charge in [-0.05, 0) is 37.3 Å². The van der Waals surface area contributed by atoms with Crippen LogP contribution in [0, 0.1) is 0 Å². The van der Waals surface area contributed by atoms with Crippen molar-refractivity contribution in [2.45, 2.75) is 12.8 Å². The molecule has 0 amide bonds. The van der Waals surface area contributed by atoms with Gasteiger partial charge in [0.05, 0.1) is 26.4 Å². The molecule has 2 rings (SSSR count). The largest absolute Gasteiger partial charge is 0.378 e. The highest BCUT2D eigenvalue weighted by Crippen LogP contribution is 1.99. The van der Waals surface area contributed by atoms with E-state index in [9.17, 15) is 0 Å². The molecule has 0 aromatic rings. The van der Waals surface area contributed by atoms with Crippen molar-refractivity contribution in [1.29, 1.82) is 0 Å². The average Bonchev–Trinajstić information content (AvgIpc) is 2.59. The predicted molar refractivity (Wildman–Crippen MR) is 95.2 cm³/mol. The van der Waals surface area contributed by atoms with Crippen molar-refractivity contribution in [2.75, 3.05) is 65.7 Å². The van der Waals surface area contributed by atoms with E-state index < -0.39 is 0 Å². The Morgan fingerprint density at radius 2 is 1.09 bits per heavy atom. The Balaban J connectivity index is 1.46. The number of rotatable bonds is 5. The van der Waals surface area contributed by atoms with Crippen LogP contribution >= 0.6 is 24.4 Å².